The minimum atomic E-state index is -3.73. The standard InChI is InChI=1S/C17H24N4O5S2/c1-26-17(8-12-20(13-9-17)27(2,22)23)14-19-28(24,25)16-6-4-15(5-7-16)21-11-3-10-18-21/h3-7,10-11,19H,8-9,12-14H2,1-2H3. The van der Waals surface area contributed by atoms with Crippen LogP contribution in [-0.4, -0.2) is 69.5 Å². The first-order valence-corrected chi connectivity index (χ1v) is 12.1. The lowest BCUT2D eigenvalue weighted by molar-refractivity contribution is -0.0401. The third kappa shape index (κ3) is 4.61. The molecule has 154 valence electrons. The first-order valence-electron chi connectivity index (χ1n) is 8.75. The Kier molecular flexibility index (Phi) is 5.92. The van der Waals surface area contributed by atoms with Crippen molar-refractivity contribution in [2.45, 2.75) is 23.3 Å². The summed E-state index contributed by atoms with van der Waals surface area (Å²) in [6.07, 6.45) is 5.41. The molecule has 2 heterocycles. The van der Waals surface area contributed by atoms with Crippen molar-refractivity contribution >= 4 is 20.0 Å². The number of benzene rings is 1. The summed E-state index contributed by atoms with van der Waals surface area (Å²) in [5.41, 5.74) is 0.0222. The summed E-state index contributed by atoms with van der Waals surface area (Å²) in [5, 5.41) is 4.11. The molecule has 9 nitrogen and oxygen atoms in total. The van der Waals surface area contributed by atoms with Crippen LogP contribution in [0.2, 0.25) is 0 Å². The Morgan fingerprint density at radius 2 is 1.79 bits per heavy atom. The molecule has 0 aliphatic carbocycles. The molecule has 1 aromatic heterocycles. The van der Waals surface area contributed by atoms with E-state index in [9.17, 15) is 16.8 Å². The summed E-state index contributed by atoms with van der Waals surface area (Å²) in [4.78, 5) is 0.142. The van der Waals surface area contributed by atoms with Crippen molar-refractivity contribution < 1.29 is 21.6 Å². The summed E-state index contributed by atoms with van der Waals surface area (Å²) >= 11 is 0. The Labute approximate surface area is 165 Å². The fourth-order valence-corrected chi connectivity index (χ4v) is 5.15. The van der Waals surface area contributed by atoms with Crippen LogP contribution >= 0.6 is 0 Å². The largest absolute Gasteiger partial charge is 0.377 e. The van der Waals surface area contributed by atoms with Crippen LogP contribution in [-0.2, 0) is 24.8 Å². The molecule has 1 saturated heterocycles. The lowest BCUT2D eigenvalue weighted by Crippen LogP contribution is -2.52. The van der Waals surface area contributed by atoms with Crippen molar-refractivity contribution in [2.24, 2.45) is 0 Å². The van der Waals surface area contributed by atoms with Crippen molar-refractivity contribution in [2.75, 3.05) is 33.0 Å². The van der Waals surface area contributed by atoms with E-state index in [-0.39, 0.29) is 11.4 Å². The van der Waals surface area contributed by atoms with Crippen LogP contribution < -0.4 is 4.72 Å². The molecule has 0 atom stereocenters. The molecular weight excluding hydrogens is 404 g/mol. The number of ether oxygens (including phenoxy) is 1. The molecule has 1 N–H and O–H groups in total. The maximum atomic E-state index is 12.7. The molecule has 0 amide bonds. The first kappa shape index (κ1) is 20.9. The van der Waals surface area contributed by atoms with Crippen LogP contribution in [0.3, 0.4) is 0 Å². The Hall–Kier alpha value is -1.79. The zero-order valence-electron chi connectivity index (χ0n) is 15.8. The molecule has 11 heteroatoms. The van der Waals surface area contributed by atoms with E-state index < -0.39 is 25.6 Å². The lowest BCUT2D eigenvalue weighted by Gasteiger charge is -2.39. The van der Waals surface area contributed by atoms with Gasteiger partial charge in [0.15, 0.2) is 0 Å². The van der Waals surface area contributed by atoms with Gasteiger partial charge in [-0.05, 0) is 43.2 Å². The van der Waals surface area contributed by atoms with Gasteiger partial charge >= 0.3 is 0 Å². The van der Waals surface area contributed by atoms with Gasteiger partial charge in [-0.25, -0.2) is 30.5 Å². The monoisotopic (exact) mass is 428 g/mol. The Balaban J connectivity index is 1.67. The van der Waals surface area contributed by atoms with Gasteiger partial charge in [-0.3, -0.25) is 0 Å². The van der Waals surface area contributed by atoms with Crippen LogP contribution in [0.4, 0.5) is 0 Å². The van der Waals surface area contributed by atoms with Crippen molar-refractivity contribution in [3.63, 3.8) is 0 Å². The van der Waals surface area contributed by atoms with Crippen LogP contribution in [0.15, 0.2) is 47.6 Å². The number of hydrogen-bond donors (Lipinski definition) is 1. The highest BCUT2D eigenvalue weighted by molar-refractivity contribution is 7.89. The van der Waals surface area contributed by atoms with Gasteiger partial charge in [0.25, 0.3) is 0 Å². The van der Waals surface area contributed by atoms with E-state index in [2.05, 4.69) is 9.82 Å². The molecule has 0 bridgehead atoms. The van der Waals surface area contributed by atoms with Gasteiger partial charge in [0.2, 0.25) is 20.0 Å². The Bertz CT molecular complexity index is 994. The van der Waals surface area contributed by atoms with Gasteiger partial charge in [0.1, 0.15) is 0 Å². The highest BCUT2D eigenvalue weighted by atomic mass is 32.2. The number of rotatable bonds is 7. The lowest BCUT2D eigenvalue weighted by atomic mass is 9.92. The van der Waals surface area contributed by atoms with Gasteiger partial charge in [-0.1, -0.05) is 0 Å². The molecule has 1 aliphatic heterocycles. The number of hydrogen-bond acceptors (Lipinski definition) is 6. The van der Waals surface area contributed by atoms with E-state index >= 15 is 0 Å². The maximum Gasteiger partial charge on any atom is 0.240 e. The second kappa shape index (κ2) is 7.91. The highest BCUT2D eigenvalue weighted by Crippen LogP contribution is 2.27. The smallest absolute Gasteiger partial charge is 0.240 e. The molecule has 0 radical (unpaired) electrons. The SMILES string of the molecule is COC1(CNS(=O)(=O)c2ccc(-n3cccn3)cc2)CCN(S(C)(=O)=O)CC1. The molecule has 0 unspecified atom stereocenters. The van der Waals surface area contributed by atoms with Gasteiger partial charge in [0.05, 0.1) is 22.4 Å². The maximum absolute atomic E-state index is 12.7. The predicted octanol–water partition coefficient (Wildman–Crippen LogP) is 0.591. The zero-order chi connectivity index (χ0) is 20.4. The van der Waals surface area contributed by atoms with Gasteiger partial charge in [-0.15, -0.1) is 0 Å². The summed E-state index contributed by atoms with van der Waals surface area (Å²) < 4.78 is 59.9. The second-order valence-corrected chi connectivity index (χ2v) is 10.6. The van der Waals surface area contributed by atoms with E-state index in [4.69, 9.17) is 4.74 Å². The summed E-state index contributed by atoms with van der Waals surface area (Å²) in [7, 11) is -5.47. The summed E-state index contributed by atoms with van der Waals surface area (Å²) in [6.45, 7) is 0.671. The molecular formula is C17H24N4O5S2. The van der Waals surface area contributed by atoms with Crippen LogP contribution in [0.1, 0.15) is 12.8 Å². The molecule has 0 saturated carbocycles. The zero-order valence-corrected chi connectivity index (χ0v) is 17.4. The van der Waals surface area contributed by atoms with Crippen molar-refractivity contribution in [3.8, 4) is 5.69 Å². The fraction of sp³-hybridized carbons (Fsp3) is 0.471. The minimum Gasteiger partial charge on any atom is -0.377 e. The molecule has 3 rings (SSSR count). The molecule has 0 spiro atoms. The molecule has 28 heavy (non-hydrogen) atoms. The highest BCUT2D eigenvalue weighted by Gasteiger charge is 2.38. The third-order valence-corrected chi connectivity index (χ3v) is 7.76. The van der Waals surface area contributed by atoms with Crippen molar-refractivity contribution in [3.05, 3.63) is 42.7 Å². The van der Waals surface area contributed by atoms with Gasteiger partial charge in [0, 0.05) is 39.1 Å². The number of nitrogens with one attached hydrogen (secondary N) is 1. The topological polar surface area (TPSA) is 111 Å². The van der Waals surface area contributed by atoms with E-state index in [1.807, 2.05) is 0 Å². The van der Waals surface area contributed by atoms with Crippen molar-refractivity contribution in [1.29, 1.82) is 0 Å². The third-order valence-electron chi connectivity index (χ3n) is 5.04. The number of nitrogens with zero attached hydrogens (tertiary/aromatic N) is 3. The van der Waals surface area contributed by atoms with Crippen LogP contribution in [0, 0.1) is 0 Å². The fourth-order valence-electron chi connectivity index (χ4n) is 3.19. The molecule has 1 fully saturated rings. The molecule has 1 aromatic carbocycles. The average molecular weight is 429 g/mol. The second-order valence-electron chi connectivity index (χ2n) is 6.82. The van der Waals surface area contributed by atoms with Crippen LogP contribution in [0.5, 0.6) is 0 Å². The number of aromatic nitrogens is 2. The summed E-state index contributed by atoms with van der Waals surface area (Å²) in [6, 6.07) is 8.18. The number of sulfonamides is 2. The van der Waals surface area contributed by atoms with E-state index in [1.165, 1.54) is 29.8 Å². The normalized spacial score (nSPS) is 18.2. The van der Waals surface area contributed by atoms with E-state index in [0.717, 1.165) is 5.69 Å². The van der Waals surface area contributed by atoms with Gasteiger partial charge < -0.3 is 4.74 Å². The first-order chi connectivity index (χ1) is 13.2. The quantitative estimate of drug-likeness (QED) is 0.691. The van der Waals surface area contributed by atoms with Crippen LogP contribution in [0.25, 0.3) is 5.69 Å². The Morgan fingerprint density at radius 1 is 1.14 bits per heavy atom. The van der Waals surface area contributed by atoms with Gasteiger partial charge in [-0.2, -0.15) is 5.10 Å². The average Bonchev–Trinajstić information content (AvgIpc) is 3.21. The Morgan fingerprint density at radius 3 is 2.29 bits per heavy atom. The van der Waals surface area contributed by atoms with Crippen molar-refractivity contribution in [1.82, 2.24) is 18.8 Å². The predicted molar refractivity (Wildman–Crippen MR) is 104 cm³/mol. The van der Waals surface area contributed by atoms with E-state index in [1.54, 1.807) is 35.3 Å². The number of methoxy groups -OCH3 is 1. The number of piperidine rings is 1. The summed E-state index contributed by atoms with van der Waals surface area (Å²) in [5.74, 6) is 0. The molecule has 2 aromatic rings. The molecule has 1 aliphatic rings. The van der Waals surface area contributed by atoms with E-state index in [0.29, 0.717) is 25.9 Å². The minimum absolute atomic E-state index is 0.0738.